The number of terminal acetylenes is 1. The smallest absolute Gasteiger partial charge is 0.271 e. The SMILES string of the molecule is C#CC.C=CCN(C)/C(=C\CCC)C(=O)Nc1cc(C(C)(C)C)ccc1OC.CC=O. The zero-order valence-electron chi connectivity index (χ0n) is 20.5. The third kappa shape index (κ3) is 12.3. The van der Waals surface area contributed by atoms with Crippen LogP contribution in [0.25, 0.3) is 0 Å². The van der Waals surface area contributed by atoms with Crippen LogP contribution >= 0.6 is 0 Å². The molecule has 0 saturated heterocycles. The number of nitrogens with one attached hydrogen (secondary N) is 1. The monoisotopic (exact) mass is 428 g/mol. The van der Waals surface area contributed by atoms with E-state index in [1.165, 1.54) is 6.92 Å². The fraction of sp³-hybridized carbons (Fsp3) is 0.462. The minimum atomic E-state index is -0.137. The number of hydrogen-bond acceptors (Lipinski definition) is 4. The average Bonchev–Trinajstić information content (AvgIpc) is 2.69. The second-order valence-corrected chi connectivity index (χ2v) is 7.69. The lowest BCUT2D eigenvalue weighted by Crippen LogP contribution is -2.28. The summed E-state index contributed by atoms with van der Waals surface area (Å²) in [5.41, 5.74) is 2.47. The number of anilines is 1. The van der Waals surface area contributed by atoms with Crippen molar-refractivity contribution in [1.29, 1.82) is 0 Å². The van der Waals surface area contributed by atoms with Crippen molar-refractivity contribution in [3.05, 3.63) is 48.2 Å². The number of allylic oxidation sites excluding steroid dienone is 1. The molecule has 0 aliphatic heterocycles. The van der Waals surface area contributed by atoms with E-state index in [9.17, 15) is 4.79 Å². The lowest BCUT2D eigenvalue weighted by molar-refractivity contribution is -0.114. The maximum absolute atomic E-state index is 12.9. The number of amides is 1. The minimum Gasteiger partial charge on any atom is -0.495 e. The first-order chi connectivity index (χ1) is 14.6. The van der Waals surface area contributed by atoms with Crippen molar-refractivity contribution < 1.29 is 14.3 Å². The van der Waals surface area contributed by atoms with E-state index in [1.807, 2.05) is 36.2 Å². The fourth-order valence-electron chi connectivity index (χ4n) is 2.45. The molecule has 0 heterocycles. The van der Waals surface area contributed by atoms with Gasteiger partial charge in [-0.25, -0.2) is 0 Å². The normalized spacial score (nSPS) is 10.2. The second kappa shape index (κ2) is 16.8. The number of benzene rings is 1. The maximum atomic E-state index is 12.9. The van der Waals surface area contributed by atoms with Gasteiger partial charge in [0.1, 0.15) is 12.0 Å². The summed E-state index contributed by atoms with van der Waals surface area (Å²) >= 11 is 0. The molecule has 31 heavy (non-hydrogen) atoms. The molecule has 0 aliphatic rings. The summed E-state index contributed by atoms with van der Waals surface area (Å²) in [5, 5.41) is 3.01. The van der Waals surface area contributed by atoms with Crippen LogP contribution in [0, 0.1) is 12.3 Å². The predicted octanol–water partition coefficient (Wildman–Crippen LogP) is 5.58. The number of rotatable bonds is 8. The molecule has 0 aliphatic carbocycles. The van der Waals surface area contributed by atoms with Crippen LogP contribution in [0.5, 0.6) is 5.75 Å². The minimum absolute atomic E-state index is 0.00768. The molecule has 1 aromatic carbocycles. The third-order valence-corrected chi connectivity index (χ3v) is 3.99. The van der Waals surface area contributed by atoms with Crippen LogP contribution in [0.3, 0.4) is 0 Å². The molecule has 0 aromatic heterocycles. The second-order valence-electron chi connectivity index (χ2n) is 7.69. The Balaban J connectivity index is 0. The van der Waals surface area contributed by atoms with Gasteiger partial charge in [0.25, 0.3) is 5.91 Å². The molecule has 0 atom stereocenters. The molecular weight excluding hydrogens is 388 g/mol. The third-order valence-electron chi connectivity index (χ3n) is 3.99. The summed E-state index contributed by atoms with van der Waals surface area (Å²) in [6.45, 7) is 16.0. The Bertz CT molecular complexity index is 753. The van der Waals surface area contributed by atoms with Crippen molar-refractivity contribution in [3.63, 3.8) is 0 Å². The molecule has 5 nitrogen and oxygen atoms in total. The summed E-state index contributed by atoms with van der Waals surface area (Å²) in [7, 11) is 3.50. The van der Waals surface area contributed by atoms with Crippen molar-refractivity contribution in [1.82, 2.24) is 4.90 Å². The molecule has 172 valence electrons. The van der Waals surface area contributed by atoms with Crippen LogP contribution in [0.15, 0.2) is 42.6 Å². The Morgan fingerprint density at radius 1 is 1.35 bits per heavy atom. The summed E-state index contributed by atoms with van der Waals surface area (Å²) in [6, 6.07) is 5.92. The number of carbonyl (C=O) groups excluding carboxylic acids is 2. The van der Waals surface area contributed by atoms with Gasteiger partial charge in [-0.1, -0.05) is 52.3 Å². The van der Waals surface area contributed by atoms with Gasteiger partial charge in [0.05, 0.1) is 18.5 Å². The summed E-state index contributed by atoms with van der Waals surface area (Å²) in [6.07, 6.45) is 10.9. The van der Waals surface area contributed by atoms with E-state index >= 15 is 0 Å². The number of hydrogen-bond donors (Lipinski definition) is 1. The molecule has 0 fully saturated rings. The predicted molar refractivity (Wildman–Crippen MR) is 132 cm³/mol. The Morgan fingerprint density at radius 2 is 1.90 bits per heavy atom. The number of ether oxygens (including phenoxy) is 1. The number of methoxy groups -OCH3 is 1. The molecule has 0 bridgehead atoms. The number of unbranched alkanes of at least 4 members (excludes halogenated alkanes) is 1. The Labute approximate surface area is 189 Å². The topological polar surface area (TPSA) is 58.6 Å². The van der Waals surface area contributed by atoms with E-state index < -0.39 is 0 Å². The Morgan fingerprint density at radius 3 is 2.32 bits per heavy atom. The van der Waals surface area contributed by atoms with Gasteiger partial charge in [-0.15, -0.1) is 18.9 Å². The largest absolute Gasteiger partial charge is 0.495 e. The van der Waals surface area contributed by atoms with Crippen LogP contribution in [0.1, 0.15) is 59.9 Å². The van der Waals surface area contributed by atoms with Crippen molar-refractivity contribution in [2.45, 2.75) is 59.8 Å². The lowest BCUT2D eigenvalue weighted by atomic mass is 9.87. The van der Waals surface area contributed by atoms with E-state index in [0.717, 1.165) is 24.7 Å². The van der Waals surface area contributed by atoms with E-state index in [1.54, 1.807) is 20.1 Å². The zero-order valence-corrected chi connectivity index (χ0v) is 20.5. The van der Waals surface area contributed by atoms with Gasteiger partial charge in [0.2, 0.25) is 0 Å². The molecule has 1 rings (SSSR count). The molecule has 0 unspecified atom stereocenters. The van der Waals surface area contributed by atoms with Gasteiger partial charge in [0, 0.05) is 13.6 Å². The quantitative estimate of drug-likeness (QED) is 0.254. The van der Waals surface area contributed by atoms with Gasteiger partial charge in [-0.05, 0) is 43.4 Å². The fourth-order valence-corrected chi connectivity index (χ4v) is 2.45. The number of carbonyl (C=O) groups is 2. The highest BCUT2D eigenvalue weighted by atomic mass is 16.5. The standard InChI is InChI=1S/C21H32N2O2.C3H4.C2H4O/c1-8-10-11-18(23(6)14-9-2)20(24)22-17-15-16(21(3,4)5)12-13-19(17)25-7;1-3-2;1-2-3/h9,11-13,15H,2,8,10,14H2,1,3-7H3,(H,22,24);1H,2H3;2H,1H3/b18-11-;;. The first-order valence-corrected chi connectivity index (χ1v) is 10.4. The van der Waals surface area contributed by atoms with E-state index in [0.29, 0.717) is 23.7 Å². The molecule has 1 N–H and O–H groups in total. The molecule has 0 spiro atoms. The summed E-state index contributed by atoms with van der Waals surface area (Å²) < 4.78 is 5.42. The van der Waals surface area contributed by atoms with Crippen molar-refractivity contribution >= 4 is 17.9 Å². The van der Waals surface area contributed by atoms with Crippen LogP contribution in [-0.2, 0) is 15.0 Å². The molecule has 5 heteroatoms. The van der Waals surface area contributed by atoms with Crippen molar-refractivity contribution in [2.24, 2.45) is 0 Å². The van der Waals surface area contributed by atoms with E-state index in [4.69, 9.17) is 9.53 Å². The maximum Gasteiger partial charge on any atom is 0.271 e. The highest BCUT2D eigenvalue weighted by Crippen LogP contribution is 2.31. The van der Waals surface area contributed by atoms with Crippen LogP contribution < -0.4 is 10.1 Å². The lowest BCUT2D eigenvalue weighted by Gasteiger charge is -2.23. The van der Waals surface area contributed by atoms with Gasteiger partial charge >= 0.3 is 0 Å². The number of nitrogens with zero attached hydrogens (tertiary/aromatic N) is 1. The Hall–Kier alpha value is -3.00. The van der Waals surface area contributed by atoms with Gasteiger partial charge < -0.3 is 19.7 Å². The highest BCUT2D eigenvalue weighted by molar-refractivity contribution is 6.04. The van der Waals surface area contributed by atoms with E-state index in [2.05, 4.69) is 51.9 Å². The van der Waals surface area contributed by atoms with E-state index in [-0.39, 0.29) is 11.3 Å². The molecule has 0 saturated carbocycles. The summed E-state index contributed by atoms with van der Waals surface area (Å²) in [5.74, 6) is 2.77. The van der Waals surface area contributed by atoms with Gasteiger partial charge in [-0.3, -0.25) is 4.79 Å². The zero-order chi connectivity index (χ0) is 24.4. The van der Waals surface area contributed by atoms with Crippen LogP contribution in [-0.4, -0.2) is 37.8 Å². The van der Waals surface area contributed by atoms with Crippen molar-refractivity contribution in [3.8, 4) is 18.1 Å². The number of likely N-dealkylation sites (N-methyl/N-ethyl adjacent to an activating group) is 1. The molecule has 1 aromatic rings. The van der Waals surface area contributed by atoms with Crippen molar-refractivity contribution in [2.75, 3.05) is 26.0 Å². The first kappa shape index (κ1) is 30.2. The van der Waals surface area contributed by atoms with Gasteiger partial charge in [-0.2, -0.15) is 0 Å². The Kier molecular flexibility index (Phi) is 16.3. The van der Waals surface area contributed by atoms with Crippen LogP contribution in [0.4, 0.5) is 5.69 Å². The van der Waals surface area contributed by atoms with Crippen LogP contribution in [0.2, 0.25) is 0 Å². The summed E-state index contributed by atoms with van der Waals surface area (Å²) in [4.78, 5) is 23.6. The average molecular weight is 429 g/mol. The molecule has 0 radical (unpaired) electrons. The number of aldehydes is 1. The molecular formula is C26H40N2O3. The first-order valence-electron chi connectivity index (χ1n) is 10.4. The highest BCUT2D eigenvalue weighted by Gasteiger charge is 2.19. The van der Waals surface area contributed by atoms with Gasteiger partial charge in [0.15, 0.2) is 0 Å². The molecule has 1 amide bonds.